The molecule has 23 heavy (non-hydrogen) atoms. The summed E-state index contributed by atoms with van der Waals surface area (Å²) in [5.41, 5.74) is 6.01. The smallest absolute Gasteiger partial charge is 0.212 e. The molecule has 126 valence electrons. The quantitative estimate of drug-likeness (QED) is 0.379. The van der Waals surface area contributed by atoms with Crippen LogP contribution in [-0.2, 0) is 0 Å². The minimum Gasteiger partial charge on any atom is -0.496 e. The Bertz CT molecular complexity index is 632. The Balaban J connectivity index is 2.32. The number of nitrogens with zero attached hydrogens (tertiary/aromatic N) is 1. The first-order valence-corrected chi connectivity index (χ1v) is 7.81. The Labute approximate surface area is 143 Å². The van der Waals surface area contributed by atoms with Crippen LogP contribution in [0, 0.1) is 0 Å². The van der Waals surface area contributed by atoms with E-state index in [-0.39, 0.29) is 5.92 Å². The number of ether oxygens (including phenoxy) is 2. The van der Waals surface area contributed by atoms with E-state index in [0.29, 0.717) is 17.5 Å². The lowest BCUT2D eigenvalue weighted by atomic mass is 10.0. The van der Waals surface area contributed by atoms with Gasteiger partial charge in [0.15, 0.2) is 11.9 Å². The summed E-state index contributed by atoms with van der Waals surface area (Å²) in [6, 6.07) is 3.81. The zero-order chi connectivity index (χ0) is 17.0. The van der Waals surface area contributed by atoms with Gasteiger partial charge in [-0.3, -0.25) is 11.3 Å². The standard InChI is InChI=1S/C14H21BrN6O2/c1-7(2)8-4-11(22-3)9(15)5-10(8)23-12-6-18-14(21-17)19-13(12)20-16/h4-7,13,20H,16-17H2,1-3H3,(H2,18,19,21). The fraction of sp³-hybridized carbons (Fsp3) is 0.357. The van der Waals surface area contributed by atoms with Gasteiger partial charge in [0.05, 0.1) is 11.6 Å². The van der Waals surface area contributed by atoms with Crippen molar-refractivity contribution in [3.8, 4) is 11.5 Å². The fourth-order valence-electron chi connectivity index (χ4n) is 2.11. The number of aliphatic imine (C=N–C) groups is 1. The SMILES string of the molecule is COc1cc(C(C)C)c(OC2=CNC(NN)=NC2NN)cc1Br. The normalized spacial score (nSPS) is 17.3. The maximum atomic E-state index is 6.02. The number of methoxy groups -OCH3 is 1. The second-order valence-corrected chi connectivity index (χ2v) is 6.02. The molecule has 1 aliphatic heterocycles. The summed E-state index contributed by atoms with van der Waals surface area (Å²) in [6.07, 6.45) is 1.10. The van der Waals surface area contributed by atoms with Gasteiger partial charge in [0.25, 0.3) is 0 Å². The van der Waals surface area contributed by atoms with Crippen molar-refractivity contribution in [3.05, 3.63) is 34.1 Å². The summed E-state index contributed by atoms with van der Waals surface area (Å²) in [7, 11) is 1.63. The minimum absolute atomic E-state index is 0.248. The fourth-order valence-corrected chi connectivity index (χ4v) is 2.59. The Morgan fingerprint density at radius 3 is 2.61 bits per heavy atom. The highest BCUT2D eigenvalue weighted by Crippen LogP contribution is 2.37. The molecule has 1 aromatic carbocycles. The molecular weight excluding hydrogens is 364 g/mol. The molecule has 0 saturated heterocycles. The Morgan fingerprint density at radius 1 is 1.30 bits per heavy atom. The summed E-state index contributed by atoms with van der Waals surface area (Å²) in [6.45, 7) is 4.16. The molecule has 0 amide bonds. The second-order valence-electron chi connectivity index (χ2n) is 5.16. The van der Waals surface area contributed by atoms with Crippen molar-refractivity contribution >= 4 is 21.9 Å². The van der Waals surface area contributed by atoms with Crippen LogP contribution in [0.2, 0.25) is 0 Å². The molecule has 0 aromatic heterocycles. The van der Waals surface area contributed by atoms with Gasteiger partial charge in [0, 0.05) is 11.8 Å². The number of guanidine groups is 1. The molecule has 7 N–H and O–H groups in total. The number of nitrogens with two attached hydrogens (primary N) is 2. The summed E-state index contributed by atoms with van der Waals surface area (Å²) in [5.74, 6) is 13.5. The molecule has 1 heterocycles. The molecule has 0 bridgehead atoms. The number of rotatable bonds is 5. The number of halogens is 1. The van der Waals surface area contributed by atoms with Crippen LogP contribution in [0.4, 0.5) is 0 Å². The third-order valence-corrected chi connectivity index (χ3v) is 3.93. The molecule has 1 aliphatic rings. The molecule has 0 saturated carbocycles. The van der Waals surface area contributed by atoms with Crippen LogP contribution in [-0.4, -0.2) is 19.2 Å². The molecule has 1 aromatic rings. The van der Waals surface area contributed by atoms with Crippen molar-refractivity contribution in [2.75, 3.05) is 7.11 Å². The van der Waals surface area contributed by atoms with Gasteiger partial charge in [-0.15, -0.1) is 0 Å². The average molecular weight is 385 g/mol. The zero-order valence-electron chi connectivity index (χ0n) is 13.2. The Kier molecular flexibility index (Phi) is 5.83. The third kappa shape index (κ3) is 3.94. The number of hydrogen-bond donors (Lipinski definition) is 5. The van der Waals surface area contributed by atoms with Gasteiger partial charge >= 0.3 is 0 Å². The highest BCUT2D eigenvalue weighted by atomic mass is 79.9. The molecule has 2 rings (SSSR count). The summed E-state index contributed by atoms with van der Waals surface area (Å²) in [5, 5.41) is 2.88. The van der Waals surface area contributed by atoms with Crippen molar-refractivity contribution in [3.63, 3.8) is 0 Å². The molecule has 0 radical (unpaired) electrons. The van der Waals surface area contributed by atoms with Gasteiger partial charge in [0.1, 0.15) is 11.5 Å². The van der Waals surface area contributed by atoms with Crippen LogP contribution in [0.3, 0.4) is 0 Å². The van der Waals surface area contributed by atoms with Crippen LogP contribution < -0.4 is 37.3 Å². The first-order valence-electron chi connectivity index (χ1n) is 7.02. The highest BCUT2D eigenvalue weighted by Gasteiger charge is 2.22. The van der Waals surface area contributed by atoms with E-state index in [1.54, 1.807) is 13.3 Å². The predicted molar refractivity (Wildman–Crippen MR) is 92.5 cm³/mol. The maximum absolute atomic E-state index is 6.02. The second kappa shape index (κ2) is 7.64. The lowest BCUT2D eigenvalue weighted by Gasteiger charge is -2.24. The van der Waals surface area contributed by atoms with Gasteiger partial charge in [-0.1, -0.05) is 13.8 Å². The van der Waals surface area contributed by atoms with Crippen molar-refractivity contribution in [2.45, 2.75) is 25.9 Å². The van der Waals surface area contributed by atoms with E-state index in [0.717, 1.165) is 15.8 Å². The molecule has 9 heteroatoms. The van der Waals surface area contributed by atoms with E-state index in [2.05, 4.69) is 50.9 Å². The lowest BCUT2D eigenvalue weighted by molar-refractivity contribution is 0.347. The molecule has 0 aliphatic carbocycles. The molecule has 8 nitrogen and oxygen atoms in total. The monoisotopic (exact) mass is 384 g/mol. The van der Waals surface area contributed by atoms with Crippen molar-refractivity contribution in [1.82, 2.24) is 16.2 Å². The van der Waals surface area contributed by atoms with E-state index in [9.17, 15) is 0 Å². The van der Waals surface area contributed by atoms with Gasteiger partial charge < -0.3 is 14.8 Å². The Hall–Kier alpha value is -1.81. The summed E-state index contributed by atoms with van der Waals surface area (Å²) < 4.78 is 12.2. The Morgan fingerprint density at radius 2 is 2.04 bits per heavy atom. The largest absolute Gasteiger partial charge is 0.496 e. The van der Waals surface area contributed by atoms with Crippen LogP contribution in [0.25, 0.3) is 0 Å². The lowest BCUT2D eigenvalue weighted by Crippen LogP contribution is -2.48. The third-order valence-electron chi connectivity index (χ3n) is 3.31. The van der Waals surface area contributed by atoms with E-state index in [1.807, 2.05) is 12.1 Å². The van der Waals surface area contributed by atoms with E-state index in [1.165, 1.54) is 0 Å². The highest BCUT2D eigenvalue weighted by molar-refractivity contribution is 9.10. The van der Waals surface area contributed by atoms with Crippen molar-refractivity contribution in [1.29, 1.82) is 0 Å². The number of hydrazine groups is 2. The van der Waals surface area contributed by atoms with Gasteiger partial charge in [0.2, 0.25) is 5.96 Å². The summed E-state index contributed by atoms with van der Waals surface area (Å²) in [4.78, 5) is 4.23. The predicted octanol–water partition coefficient (Wildman–Crippen LogP) is 1.01. The van der Waals surface area contributed by atoms with E-state index in [4.69, 9.17) is 21.2 Å². The molecule has 0 fully saturated rings. The van der Waals surface area contributed by atoms with Crippen LogP contribution in [0.5, 0.6) is 11.5 Å². The molecular formula is C14H21BrN6O2. The van der Waals surface area contributed by atoms with Crippen LogP contribution in [0.15, 0.2) is 33.6 Å². The molecule has 1 atom stereocenters. The van der Waals surface area contributed by atoms with E-state index < -0.39 is 6.17 Å². The van der Waals surface area contributed by atoms with E-state index >= 15 is 0 Å². The van der Waals surface area contributed by atoms with Crippen LogP contribution in [0.1, 0.15) is 25.3 Å². The molecule has 1 unspecified atom stereocenters. The topological polar surface area (TPSA) is 119 Å². The number of nitrogens with one attached hydrogen (secondary N) is 3. The summed E-state index contributed by atoms with van der Waals surface area (Å²) >= 11 is 3.47. The maximum Gasteiger partial charge on any atom is 0.212 e. The first-order chi connectivity index (χ1) is 11.0. The van der Waals surface area contributed by atoms with Crippen molar-refractivity contribution < 1.29 is 9.47 Å². The van der Waals surface area contributed by atoms with Crippen LogP contribution >= 0.6 is 15.9 Å². The van der Waals surface area contributed by atoms with Gasteiger partial charge in [-0.2, -0.15) is 0 Å². The van der Waals surface area contributed by atoms with Gasteiger partial charge in [-0.05, 0) is 34.0 Å². The minimum atomic E-state index is -0.553. The van der Waals surface area contributed by atoms with Crippen molar-refractivity contribution in [2.24, 2.45) is 16.7 Å². The number of hydrogen-bond acceptors (Lipinski definition) is 8. The first kappa shape index (κ1) is 17.5. The number of benzene rings is 1. The average Bonchev–Trinajstić information content (AvgIpc) is 2.55. The van der Waals surface area contributed by atoms with Gasteiger partial charge in [-0.25, -0.2) is 16.3 Å². The zero-order valence-corrected chi connectivity index (χ0v) is 14.8. The molecule has 0 spiro atoms.